The van der Waals surface area contributed by atoms with Crippen molar-refractivity contribution >= 4 is 17.5 Å². The van der Waals surface area contributed by atoms with Gasteiger partial charge < -0.3 is 20.3 Å². The maximum Gasteiger partial charge on any atom is 0.269 e. The van der Waals surface area contributed by atoms with Crippen molar-refractivity contribution in [1.29, 1.82) is 0 Å². The normalized spacial score (nSPS) is 14.6. The number of anilines is 1. The second-order valence-electron chi connectivity index (χ2n) is 4.68. The molecule has 1 aromatic rings. The average Bonchev–Trinajstić information content (AvgIpc) is 2.55. The maximum absolute atomic E-state index is 12.0. The number of carbonyl (C=O) groups excluding carboxylic acids is 2. The number of ether oxygens (including phenoxy) is 1. The molecule has 2 amide bonds. The van der Waals surface area contributed by atoms with Gasteiger partial charge in [-0.3, -0.25) is 14.6 Å². The molecule has 0 atom stereocenters. The summed E-state index contributed by atoms with van der Waals surface area (Å²) in [4.78, 5) is 29.2. The van der Waals surface area contributed by atoms with Crippen LogP contribution in [0.25, 0.3) is 0 Å². The van der Waals surface area contributed by atoms with Crippen molar-refractivity contribution < 1.29 is 14.3 Å². The number of hydrogen-bond acceptors (Lipinski definition) is 5. The second-order valence-corrected chi connectivity index (χ2v) is 4.68. The first kappa shape index (κ1) is 15.2. The van der Waals surface area contributed by atoms with E-state index in [4.69, 9.17) is 4.74 Å². The van der Waals surface area contributed by atoms with Gasteiger partial charge in [0.1, 0.15) is 5.69 Å². The molecule has 0 aliphatic carbocycles. The van der Waals surface area contributed by atoms with Gasteiger partial charge in [0.2, 0.25) is 5.91 Å². The van der Waals surface area contributed by atoms with E-state index in [1.54, 1.807) is 25.4 Å². The van der Waals surface area contributed by atoms with Crippen molar-refractivity contribution in [3.8, 4) is 0 Å². The molecule has 1 aliphatic heterocycles. The van der Waals surface area contributed by atoms with Crippen LogP contribution in [0.5, 0.6) is 0 Å². The lowest BCUT2D eigenvalue weighted by Gasteiger charge is -2.26. The highest BCUT2D eigenvalue weighted by molar-refractivity contribution is 5.92. The van der Waals surface area contributed by atoms with Crippen molar-refractivity contribution in [1.82, 2.24) is 15.2 Å². The molecule has 0 radical (unpaired) electrons. The minimum Gasteiger partial charge on any atom is -0.384 e. The van der Waals surface area contributed by atoms with Gasteiger partial charge in [0.15, 0.2) is 0 Å². The predicted molar refractivity (Wildman–Crippen MR) is 78.1 cm³/mol. The Morgan fingerprint density at radius 1 is 1.38 bits per heavy atom. The molecular weight excluding hydrogens is 272 g/mol. The molecule has 0 saturated carbocycles. The maximum atomic E-state index is 12.0. The minimum atomic E-state index is -0.233. The number of nitrogens with zero attached hydrogens (tertiary/aromatic N) is 2. The zero-order valence-electron chi connectivity index (χ0n) is 12.1. The topological polar surface area (TPSA) is 83.6 Å². The molecule has 114 valence electrons. The third-order valence-electron chi connectivity index (χ3n) is 3.25. The zero-order valence-corrected chi connectivity index (χ0v) is 12.1. The smallest absolute Gasteiger partial charge is 0.269 e. The fourth-order valence-electron chi connectivity index (χ4n) is 2.08. The van der Waals surface area contributed by atoms with Gasteiger partial charge in [0.05, 0.1) is 13.2 Å². The molecule has 7 heteroatoms. The van der Waals surface area contributed by atoms with E-state index in [0.717, 1.165) is 5.69 Å². The monoisotopic (exact) mass is 292 g/mol. The predicted octanol–water partition coefficient (Wildman–Crippen LogP) is 0.102. The molecule has 1 fully saturated rings. The molecule has 21 heavy (non-hydrogen) atoms. The number of nitrogens with one attached hydrogen (secondary N) is 2. The van der Waals surface area contributed by atoms with E-state index in [1.807, 2.05) is 4.90 Å². The van der Waals surface area contributed by atoms with Crippen LogP contribution < -0.4 is 10.6 Å². The van der Waals surface area contributed by atoms with Crippen LogP contribution in [0.4, 0.5) is 5.69 Å². The zero-order chi connectivity index (χ0) is 15.1. The lowest BCUT2D eigenvalue weighted by molar-refractivity contribution is -0.134. The molecular formula is C14H20N4O3. The Morgan fingerprint density at radius 3 is 2.86 bits per heavy atom. The Hall–Kier alpha value is -2.15. The molecule has 1 saturated heterocycles. The highest BCUT2D eigenvalue weighted by Gasteiger charge is 2.16. The van der Waals surface area contributed by atoms with E-state index >= 15 is 0 Å². The summed E-state index contributed by atoms with van der Waals surface area (Å²) in [7, 11) is 1.56. The summed E-state index contributed by atoms with van der Waals surface area (Å²) in [6.07, 6.45) is 1.98. The highest BCUT2D eigenvalue weighted by atomic mass is 16.5. The molecule has 1 aliphatic rings. The largest absolute Gasteiger partial charge is 0.384 e. The fraction of sp³-hybridized carbons (Fsp3) is 0.500. The number of aromatic nitrogens is 1. The Labute approximate surface area is 123 Å². The third kappa shape index (κ3) is 4.42. The summed E-state index contributed by atoms with van der Waals surface area (Å²) < 4.78 is 5.22. The number of hydrogen-bond donors (Lipinski definition) is 2. The van der Waals surface area contributed by atoms with Crippen molar-refractivity contribution in [2.24, 2.45) is 0 Å². The van der Waals surface area contributed by atoms with Crippen molar-refractivity contribution in [2.75, 3.05) is 45.2 Å². The van der Waals surface area contributed by atoms with Crippen LogP contribution in [0.15, 0.2) is 18.3 Å². The lowest BCUT2D eigenvalue weighted by Crippen LogP contribution is -2.41. The van der Waals surface area contributed by atoms with Crippen LogP contribution in [-0.4, -0.2) is 61.6 Å². The molecule has 0 bridgehead atoms. The summed E-state index contributed by atoms with van der Waals surface area (Å²) in [6.45, 7) is 3.06. The number of amides is 2. The first-order valence-corrected chi connectivity index (χ1v) is 6.98. The van der Waals surface area contributed by atoms with Gasteiger partial charge in [-0.25, -0.2) is 0 Å². The molecule has 2 N–H and O–H groups in total. The van der Waals surface area contributed by atoms with Crippen LogP contribution >= 0.6 is 0 Å². The number of pyridine rings is 1. The molecule has 2 heterocycles. The van der Waals surface area contributed by atoms with Gasteiger partial charge in [-0.2, -0.15) is 0 Å². The van der Waals surface area contributed by atoms with E-state index in [2.05, 4.69) is 15.6 Å². The SMILES string of the molecule is CNC(=O)c1cc(NCCC(=O)N2CCOCC2)ccn1. The Bertz CT molecular complexity index is 501. The van der Waals surface area contributed by atoms with Crippen LogP contribution in [0, 0.1) is 0 Å². The second kappa shape index (κ2) is 7.58. The average molecular weight is 292 g/mol. The molecule has 7 nitrogen and oxygen atoms in total. The van der Waals surface area contributed by atoms with Crippen LogP contribution in [0.2, 0.25) is 0 Å². The van der Waals surface area contributed by atoms with Crippen LogP contribution in [0.1, 0.15) is 16.9 Å². The summed E-state index contributed by atoms with van der Waals surface area (Å²) in [5, 5.41) is 5.66. The van der Waals surface area contributed by atoms with Crippen molar-refractivity contribution in [2.45, 2.75) is 6.42 Å². The summed E-state index contributed by atoms with van der Waals surface area (Å²) in [6, 6.07) is 3.43. The van der Waals surface area contributed by atoms with Crippen molar-refractivity contribution in [3.05, 3.63) is 24.0 Å². The first-order chi connectivity index (χ1) is 10.2. The number of morpholine rings is 1. The summed E-state index contributed by atoms with van der Waals surface area (Å²) in [5.74, 6) is -0.116. The Morgan fingerprint density at radius 2 is 2.14 bits per heavy atom. The molecule has 0 aromatic carbocycles. The fourth-order valence-corrected chi connectivity index (χ4v) is 2.08. The van der Waals surface area contributed by atoms with Gasteiger partial charge in [-0.15, -0.1) is 0 Å². The summed E-state index contributed by atoms with van der Waals surface area (Å²) >= 11 is 0. The van der Waals surface area contributed by atoms with Crippen LogP contribution in [0.3, 0.4) is 0 Å². The quantitative estimate of drug-likeness (QED) is 0.804. The lowest BCUT2D eigenvalue weighted by atomic mass is 10.3. The van der Waals surface area contributed by atoms with Gasteiger partial charge in [-0.1, -0.05) is 0 Å². The highest BCUT2D eigenvalue weighted by Crippen LogP contribution is 2.08. The standard InChI is InChI=1S/C14H20N4O3/c1-15-14(20)12-10-11(2-4-17-12)16-5-3-13(19)18-6-8-21-9-7-18/h2,4,10H,3,5-9H2,1H3,(H,15,20)(H,16,17). The number of rotatable bonds is 5. The number of carbonyl (C=O) groups is 2. The minimum absolute atomic E-state index is 0.117. The molecule has 0 spiro atoms. The van der Waals surface area contributed by atoms with Crippen LogP contribution in [-0.2, 0) is 9.53 Å². The van der Waals surface area contributed by atoms with E-state index in [0.29, 0.717) is 45.0 Å². The molecule has 0 unspecified atom stereocenters. The van der Waals surface area contributed by atoms with E-state index < -0.39 is 0 Å². The van der Waals surface area contributed by atoms with Gasteiger partial charge >= 0.3 is 0 Å². The van der Waals surface area contributed by atoms with Crippen molar-refractivity contribution in [3.63, 3.8) is 0 Å². The van der Waals surface area contributed by atoms with E-state index in [-0.39, 0.29) is 11.8 Å². The van der Waals surface area contributed by atoms with E-state index in [1.165, 1.54) is 0 Å². The van der Waals surface area contributed by atoms with Gasteiger partial charge in [0.25, 0.3) is 5.91 Å². The Kier molecular flexibility index (Phi) is 5.51. The Balaban J connectivity index is 1.80. The molecule has 1 aromatic heterocycles. The van der Waals surface area contributed by atoms with E-state index in [9.17, 15) is 9.59 Å². The third-order valence-corrected chi connectivity index (χ3v) is 3.25. The summed E-state index contributed by atoms with van der Waals surface area (Å²) in [5.41, 5.74) is 1.13. The first-order valence-electron chi connectivity index (χ1n) is 6.98. The molecule has 2 rings (SSSR count). The van der Waals surface area contributed by atoms with Gasteiger partial charge in [-0.05, 0) is 12.1 Å². The van der Waals surface area contributed by atoms with Gasteiger partial charge in [0, 0.05) is 45.0 Å².